The Morgan fingerprint density at radius 2 is 1.93 bits per heavy atom. The standard InChI is InChI=1S/C18H28N2O5.C2H6/c1-6-12-11-18(12,15(22)24-7-2)19-14(21)13-9-8-10-20(13)16(23)25-17(3,4)5;1-2/h6,12-13H,1,7-11H2,2-5H3,(H,19,21);1-2H3/t12?,13-,18?;/m0./s1. The first kappa shape index (κ1) is 23.0. The van der Waals surface area contributed by atoms with Crippen LogP contribution in [0.2, 0.25) is 0 Å². The van der Waals surface area contributed by atoms with Crippen molar-refractivity contribution in [2.75, 3.05) is 13.2 Å². The second-order valence-electron chi connectivity index (χ2n) is 7.56. The molecule has 0 radical (unpaired) electrons. The lowest BCUT2D eigenvalue weighted by molar-refractivity contribution is -0.149. The minimum atomic E-state index is -1.04. The van der Waals surface area contributed by atoms with E-state index in [1.165, 1.54) is 4.90 Å². The first-order valence-electron chi connectivity index (χ1n) is 9.76. The van der Waals surface area contributed by atoms with Crippen molar-refractivity contribution in [3.63, 3.8) is 0 Å². The van der Waals surface area contributed by atoms with Crippen LogP contribution < -0.4 is 5.32 Å². The summed E-state index contributed by atoms with van der Waals surface area (Å²) in [6.07, 6.45) is 2.88. The fraction of sp³-hybridized carbons (Fsp3) is 0.750. The van der Waals surface area contributed by atoms with E-state index in [0.717, 1.165) is 0 Å². The third kappa shape index (κ3) is 5.47. The number of nitrogens with one attached hydrogen (secondary N) is 1. The molecule has 0 spiro atoms. The average molecular weight is 383 g/mol. The Morgan fingerprint density at radius 3 is 2.41 bits per heavy atom. The number of carbonyl (C=O) groups is 3. The Kier molecular flexibility index (Phi) is 7.87. The van der Waals surface area contributed by atoms with Gasteiger partial charge in [-0.3, -0.25) is 9.69 Å². The number of amides is 2. The van der Waals surface area contributed by atoms with E-state index in [-0.39, 0.29) is 18.4 Å². The van der Waals surface area contributed by atoms with E-state index in [4.69, 9.17) is 9.47 Å². The van der Waals surface area contributed by atoms with Crippen molar-refractivity contribution < 1.29 is 23.9 Å². The number of rotatable bonds is 5. The Bertz CT molecular complexity index is 569. The fourth-order valence-corrected chi connectivity index (χ4v) is 3.14. The summed E-state index contributed by atoms with van der Waals surface area (Å²) >= 11 is 0. The third-order valence-corrected chi connectivity index (χ3v) is 4.47. The van der Waals surface area contributed by atoms with Gasteiger partial charge < -0.3 is 14.8 Å². The molecule has 27 heavy (non-hydrogen) atoms. The molecule has 1 saturated heterocycles. The maximum Gasteiger partial charge on any atom is 0.410 e. The van der Waals surface area contributed by atoms with Crippen LogP contribution in [0.4, 0.5) is 4.79 Å². The van der Waals surface area contributed by atoms with E-state index >= 15 is 0 Å². The quantitative estimate of drug-likeness (QED) is 0.583. The second-order valence-corrected chi connectivity index (χ2v) is 7.56. The third-order valence-electron chi connectivity index (χ3n) is 4.47. The molecule has 2 amide bonds. The number of esters is 1. The van der Waals surface area contributed by atoms with E-state index < -0.39 is 29.2 Å². The number of nitrogens with zero attached hydrogens (tertiary/aromatic N) is 1. The molecule has 2 aliphatic rings. The van der Waals surface area contributed by atoms with Crippen LogP contribution in [0.3, 0.4) is 0 Å². The fourth-order valence-electron chi connectivity index (χ4n) is 3.14. The number of carbonyl (C=O) groups excluding carboxylic acids is 3. The summed E-state index contributed by atoms with van der Waals surface area (Å²) in [5.41, 5.74) is -1.67. The van der Waals surface area contributed by atoms with E-state index in [1.54, 1.807) is 33.8 Å². The first-order chi connectivity index (χ1) is 12.6. The normalized spacial score (nSPS) is 26.4. The molecule has 0 aromatic rings. The van der Waals surface area contributed by atoms with Crippen LogP contribution in [-0.4, -0.2) is 53.2 Å². The van der Waals surface area contributed by atoms with Gasteiger partial charge in [0.05, 0.1) is 6.61 Å². The highest BCUT2D eigenvalue weighted by molar-refractivity contribution is 5.94. The Morgan fingerprint density at radius 1 is 1.30 bits per heavy atom. The zero-order valence-corrected chi connectivity index (χ0v) is 17.5. The van der Waals surface area contributed by atoms with Gasteiger partial charge in [0.15, 0.2) is 0 Å². The van der Waals surface area contributed by atoms with Crippen LogP contribution in [0.25, 0.3) is 0 Å². The minimum Gasteiger partial charge on any atom is -0.464 e. The number of hydrogen-bond donors (Lipinski definition) is 1. The summed E-state index contributed by atoms with van der Waals surface area (Å²) in [7, 11) is 0. The predicted octanol–water partition coefficient (Wildman–Crippen LogP) is 3.04. The smallest absolute Gasteiger partial charge is 0.410 e. The SMILES string of the molecule is C=CC1CC1(NC(=O)[C@@H]1CCCN1C(=O)OC(C)(C)C)C(=O)OCC.CC. The van der Waals surface area contributed by atoms with Crippen molar-refractivity contribution in [2.45, 2.75) is 78.0 Å². The average Bonchev–Trinajstić information content (AvgIpc) is 3.08. The molecule has 154 valence electrons. The van der Waals surface area contributed by atoms with Crippen molar-refractivity contribution in [3.05, 3.63) is 12.7 Å². The molecule has 1 N–H and O–H groups in total. The van der Waals surface area contributed by atoms with Gasteiger partial charge in [0.1, 0.15) is 17.2 Å². The molecule has 2 rings (SSSR count). The van der Waals surface area contributed by atoms with Gasteiger partial charge >= 0.3 is 12.1 Å². The maximum absolute atomic E-state index is 12.7. The van der Waals surface area contributed by atoms with Crippen LogP contribution in [0.5, 0.6) is 0 Å². The molecule has 1 aliphatic carbocycles. The van der Waals surface area contributed by atoms with Gasteiger partial charge in [-0.25, -0.2) is 9.59 Å². The first-order valence-corrected chi connectivity index (χ1v) is 9.76. The lowest BCUT2D eigenvalue weighted by atomic mass is 10.1. The molecule has 1 aliphatic heterocycles. The van der Waals surface area contributed by atoms with Crippen molar-refractivity contribution in [1.82, 2.24) is 10.2 Å². The summed E-state index contributed by atoms with van der Waals surface area (Å²) in [4.78, 5) is 38.8. The zero-order valence-electron chi connectivity index (χ0n) is 17.5. The van der Waals surface area contributed by atoms with Crippen LogP contribution >= 0.6 is 0 Å². The topological polar surface area (TPSA) is 84.9 Å². The van der Waals surface area contributed by atoms with Crippen LogP contribution in [0.15, 0.2) is 12.7 Å². The maximum atomic E-state index is 12.7. The molecule has 1 saturated carbocycles. The van der Waals surface area contributed by atoms with Crippen molar-refractivity contribution in [3.8, 4) is 0 Å². The highest BCUT2D eigenvalue weighted by Gasteiger charge is 2.61. The van der Waals surface area contributed by atoms with Crippen LogP contribution in [0, 0.1) is 5.92 Å². The van der Waals surface area contributed by atoms with Gasteiger partial charge in [0.25, 0.3) is 0 Å². The van der Waals surface area contributed by atoms with E-state index in [0.29, 0.717) is 25.8 Å². The molecule has 0 aromatic heterocycles. The lowest BCUT2D eigenvalue weighted by Gasteiger charge is -2.29. The molecule has 7 heteroatoms. The van der Waals surface area contributed by atoms with Crippen LogP contribution in [-0.2, 0) is 19.1 Å². The van der Waals surface area contributed by atoms with Crippen molar-refractivity contribution in [2.24, 2.45) is 5.92 Å². The van der Waals surface area contributed by atoms with Crippen molar-refractivity contribution in [1.29, 1.82) is 0 Å². The Balaban J connectivity index is 0.00000176. The van der Waals surface area contributed by atoms with Gasteiger partial charge in [0.2, 0.25) is 5.91 Å². The second kappa shape index (κ2) is 9.24. The molecule has 1 heterocycles. The summed E-state index contributed by atoms with van der Waals surface area (Å²) in [5, 5.41) is 2.81. The summed E-state index contributed by atoms with van der Waals surface area (Å²) in [6.45, 7) is 15.5. The van der Waals surface area contributed by atoms with E-state index in [1.807, 2.05) is 13.8 Å². The monoisotopic (exact) mass is 382 g/mol. The molecule has 7 nitrogen and oxygen atoms in total. The molecule has 2 unspecified atom stereocenters. The van der Waals surface area contributed by atoms with Crippen LogP contribution in [0.1, 0.15) is 60.8 Å². The van der Waals surface area contributed by atoms with E-state index in [2.05, 4.69) is 11.9 Å². The van der Waals surface area contributed by atoms with Crippen molar-refractivity contribution >= 4 is 18.0 Å². The molecule has 0 bridgehead atoms. The lowest BCUT2D eigenvalue weighted by Crippen LogP contribution is -2.53. The summed E-state index contributed by atoms with van der Waals surface area (Å²) in [6, 6.07) is -0.632. The van der Waals surface area contributed by atoms with Gasteiger partial charge in [-0.15, -0.1) is 6.58 Å². The van der Waals surface area contributed by atoms with Gasteiger partial charge in [-0.1, -0.05) is 19.9 Å². The van der Waals surface area contributed by atoms with Gasteiger partial charge in [-0.05, 0) is 47.0 Å². The highest BCUT2D eigenvalue weighted by atomic mass is 16.6. The summed E-state index contributed by atoms with van der Waals surface area (Å²) in [5.74, 6) is -0.942. The number of likely N-dealkylation sites (tertiary alicyclic amines) is 1. The van der Waals surface area contributed by atoms with Gasteiger partial charge in [0, 0.05) is 12.5 Å². The predicted molar refractivity (Wildman–Crippen MR) is 103 cm³/mol. The zero-order chi connectivity index (χ0) is 20.8. The molecule has 0 aromatic carbocycles. The Labute approximate surface area is 162 Å². The Hall–Kier alpha value is -2.05. The molecular formula is C20H34N2O5. The number of ether oxygens (including phenoxy) is 2. The highest BCUT2D eigenvalue weighted by Crippen LogP contribution is 2.45. The molecule has 3 atom stereocenters. The summed E-state index contributed by atoms with van der Waals surface area (Å²) < 4.78 is 10.5. The largest absolute Gasteiger partial charge is 0.464 e. The number of hydrogen-bond acceptors (Lipinski definition) is 5. The van der Waals surface area contributed by atoms with Gasteiger partial charge in [-0.2, -0.15) is 0 Å². The minimum absolute atomic E-state index is 0.146. The van der Waals surface area contributed by atoms with E-state index in [9.17, 15) is 14.4 Å². The molecular weight excluding hydrogens is 348 g/mol. The molecule has 2 fully saturated rings.